The maximum Gasteiger partial charge on any atom is 0.148 e. The Labute approximate surface area is 74.9 Å². The lowest BCUT2D eigenvalue weighted by atomic mass is 10.2. The summed E-state index contributed by atoms with van der Waals surface area (Å²) in [7, 11) is 0. The first-order valence-electron chi connectivity index (χ1n) is 4.37. The van der Waals surface area contributed by atoms with Gasteiger partial charge in [0.05, 0.1) is 0 Å². The van der Waals surface area contributed by atoms with Crippen LogP contribution >= 0.6 is 0 Å². The molecule has 1 aliphatic heterocycles. The maximum atomic E-state index is 5.22. The molecule has 2 heteroatoms. The van der Waals surface area contributed by atoms with Crippen molar-refractivity contribution in [1.82, 2.24) is 0 Å². The van der Waals surface area contributed by atoms with Crippen LogP contribution in [0.4, 0.5) is 0 Å². The van der Waals surface area contributed by atoms with Gasteiger partial charge in [-0.3, -0.25) is 0 Å². The molecular weight excluding hydrogens is 152 g/mol. The van der Waals surface area contributed by atoms with Crippen molar-refractivity contribution in [2.75, 3.05) is 6.79 Å². The largest absolute Gasteiger partial charge is 0.345 e. The van der Waals surface area contributed by atoms with Crippen molar-refractivity contribution in [2.45, 2.75) is 33.0 Å². The number of ether oxygens (including phenoxy) is 2. The van der Waals surface area contributed by atoms with Gasteiger partial charge in [0.15, 0.2) is 0 Å². The highest BCUT2D eigenvalue weighted by atomic mass is 16.7. The maximum absolute atomic E-state index is 5.22. The van der Waals surface area contributed by atoms with Gasteiger partial charge in [-0.05, 0) is 6.92 Å². The first-order valence-corrected chi connectivity index (χ1v) is 4.37. The number of hydrogen-bond donors (Lipinski definition) is 0. The molecule has 0 radical (unpaired) electrons. The smallest absolute Gasteiger partial charge is 0.148 e. The lowest BCUT2D eigenvalue weighted by molar-refractivity contribution is 0.0501. The van der Waals surface area contributed by atoms with Gasteiger partial charge in [0.2, 0.25) is 0 Å². The highest BCUT2D eigenvalue weighted by Crippen LogP contribution is 2.14. The van der Waals surface area contributed by atoms with Crippen LogP contribution in [0.3, 0.4) is 0 Å². The summed E-state index contributed by atoms with van der Waals surface area (Å²) in [4.78, 5) is 0. The summed E-state index contributed by atoms with van der Waals surface area (Å²) in [5, 5.41) is 0. The van der Waals surface area contributed by atoms with Crippen molar-refractivity contribution in [3.63, 3.8) is 0 Å². The highest BCUT2D eigenvalue weighted by molar-refractivity contribution is 5.00. The van der Waals surface area contributed by atoms with E-state index >= 15 is 0 Å². The van der Waals surface area contributed by atoms with Gasteiger partial charge in [-0.15, -0.1) is 6.58 Å². The standard InChI is InChI=1S/C8H12O2.C2H6/c1-3-5-8-7(4-2)9-6-10-8;1-2/h3-5,7-8H,2,6H2,1H3;1-2H3/b5-3-;. The van der Waals surface area contributed by atoms with Crippen LogP contribution in [0.25, 0.3) is 0 Å². The zero-order valence-electron chi connectivity index (χ0n) is 8.12. The van der Waals surface area contributed by atoms with Crippen molar-refractivity contribution in [3.8, 4) is 0 Å². The van der Waals surface area contributed by atoms with E-state index in [0.717, 1.165) is 0 Å². The number of allylic oxidation sites excluding steroid dienone is 1. The van der Waals surface area contributed by atoms with E-state index in [2.05, 4.69) is 6.58 Å². The first kappa shape index (κ1) is 11.4. The monoisotopic (exact) mass is 170 g/mol. The molecule has 0 bridgehead atoms. The molecule has 2 atom stereocenters. The first-order chi connectivity index (χ1) is 5.88. The Morgan fingerprint density at radius 3 is 2.33 bits per heavy atom. The Kier molecular flexibility index (Phi) is 6.72. The lowest BCUT2D eigenvalue weighted by Gasteiger charge is -2.06. The van der Waals surface area contributed by atoms with Crippen molar-refractivity contribution >= 4 is 0 Å². The van der Waals surface area contributed by atoms with Gasteiger partial charge in [-0.2, -0.15) is 0 Å². The minimum atomic E-state index is 0.0381. The van der Waals surface area contributed by atoms with Crippen molar-refractivity contribution < 1.29 is 9.47 Å². The molecule has 0 saturated carbocycles. The van der Waals surface area contributed by atoms with E-state index < -0.39 is 0 Å². The Bertz CT molecular complexity index is 141. The molecule has 70 valence electrons. The minimum Gasteiger partial charge on any atom is -0.345 e. The Morgan fingerprint density at radius 1 is 1.25 bits per heavy atom. The van der Waals surface area contributed by atoms with Gasteiger partial charge in [-0.1, -0.05) is 32.1 Å². The van der Waals surface area contributed by atoms with Crippen molar-refractivity contribution in [1.29, 1.82) is 0 Å². The van der Waals surface area contributed by atoms with E-state index in [4.69, 9.17) is 9.47 Å². The summed E-state index contributed by atoms with van der Waals surface area (Å²) in [5.74, 6) is 0. The Balaban J connectivity index is 0.000000561. The molecule has 0 aliphatic carbocycles. The van der Waals surface area contributed by atoms with E-state index in [-0.39, 0.29) is 12.2 Å². The van der Waals surface area contributed by atoms with Crippen LogP contribution in [0, 0.1) is 0 Å². The fraction of sp³-hybridized carbons (Fsp3) is 0.600. The van der Waals surface area contributed by atoms with E-state index in [0.29, 0.717) is 6.79 Å². The number of hydrogen-bond acceptors (Lipinski definition) is 2. The topological polar surface area (TPSA) is 18.5 Å². The Hall–Kier alpha value is -0.600. The van der Waals surface area contributed by atoms with Gasteiger partial charge >= 0.3 is 0 Å². The molecule has 1 aliphatic rings. The second-order valence-corrected chi connectivity index (χ2v) is 2.14. The molecule has 0 amide bonds. The fourth-order valence-electron chi connectivity index (χ4n) is 0.943. The van der Waals surface area contributed by atoms with Gasteiger partial charge in [0.1, 0.15) is 19.0 Å². The molecule has 12 heavy (non-hydrogen) atoms. The fourth-order valence-corrected chi connectivity index (χ4v) is 0.943. The molecule has 2 unspecified atom stereocenters. The van der Waals surface area contributed by atoms with Gasteiger partial charge in [0.25, 0.3) is 0 Å². The molecule has 1 heterocycles. The Morgan fingerprint density at radius 2 is 1.83 bits per heavy atom. The quantitative estimate of drug-likeness (QED) is 0.593. The molecular formula is C10H18O2. The molecule has 1 fully saturated rings. The minimum absolute atomic E-state index is 0.0381. The predicted molar refractivity (Wildman–Crippen MR) is 51.0 cm³/mol. The summed E-state index contributed by atoms with van der Waals surface area (Å²) < 4.78 is 10.4. The van der Waals surface area contributed by atoms with Crippen molar-refractivity contribution in [2.24, 2.45) is 0 Å². The van der Waals surface area contributed by atoms with E-state index in [1.807, 2.05) is 32.9 Å². The van der Waals surface area contributed by atoms with E-state index in [1.54, 1.807) is 6.08 Å². The molecule has 0 aromatic heterocycles. The van der Waals surface area contributed by atoms with Gasteiger partial charge < -0.3 is 9.47 Å². The third kappa shape index (κ3) is 3.20. The predicted octanol–water partition coefficient (Wildman–Crippen LogP) is 2.52. The molecule has 0 aromatic carbocycles. The average Bonchev–Trinajstić information content (AvgIpc) is 2.56. The lowest BCUT2D eigenvalue weighted by Crippen LogP contribution is -2.16. The normalized spacial score (nSPS) is 28.2. The van der Waals surface area contributed by atoms with E-state index in [9.17, 15) is 0 Å². The third-order valence-corrected chi connectivity index (χ3v) is 1.46. The summed E-state index contributed by atoms with van der Waals surface area (Å²) in [5.41, 5.74) is 0. The summed E-state index contributed by atoms with van der Waals surface area (Å²) in [6, 6.07) is 0. The van der Waals surface area contributed by atoms with Crippen molar-refractivity contribution in [3.05, 3.63) is 24.8 Å². The highest BCUT2D eigenvalue weighted by Gasteiger charge is 2.23. The molecule has 2 nitrogen and oxygen atoms in total. The summed E-state index contributed by atoms with van der Waals surface area (Å²) in [6.45, 7) is 9.98. The van der Waals surface area contributed by atoms with E-state index in [1.165, 1.54) is 0 Å². The van der Waals surface area contributed by atoms with Crippen LogP contribution in [0.2, 0.25) is 0 Å². The average molecular weight is 170 g/mol. The zero-order chi connectivity index (χ0) is 9.40. The van der Waals surface area contributed by atoms with Crippen LogP contribution in [-0.4, -0.2) is 19.0 Å². The molecule has 1 rings (SSSR count). The van der Waals surface area contributed by atoms with Gasteiger partial charge in [-0.25, -0.2) is 0 Å². The number of rotatable bonds is 2. The summed E-state index contributed by atoms with van der Waals surface area (Å²) in [6.07, 6.45) is 5.80. The molecule has 0 N–H and O–H groups in total. The molecule has 0 spiro atoms. The third-order valence-electron chi connectivity index (χ3n) is 1.46. The SMILES string of the molecule is C=CC1OCOC1/C=C\C.CC. The molecule has 1 saturated heterocycles. The van der Waals surface area contributed by atoms with Crippen LogP contribution in [-0.2, 0) is 9.47 Å². The molecule has 0 aromatic rings. The second kappa shape index (κ2) is 7.07. The second-order valence-electron chi connectivity index (χ2n) is 2.14. The summed E-state index contributed by atoms with van der Waals surface area (Å²) >= 11 is 0. The zero-order valence-corrected chi connectivity index (χ0v) is 8.12. The van der Waals surface area contributed by atoms with Crippen LogP contribution in [0.5, 0.6) is 0 Å². The van der Waals surface area contributed by atoms with Crippen LogP contribution < -0.4 is 0 Å². The van der Waals surface area contributed by atoms with Gasteiger partial charge in [0, 0.05) is 0 Å². The van der Waals surface area contributed by atoms with Crippen LogP contribution in [0.1, 0.15) is 20.8 Å². The van der Waals surface area contributed by atoms with Crippen LogP contribution in [0.15, 0.2) is 24.8 Å².